The highest BCUT2D eigenvalue weighted by Gasteiger charge is 2.37. The van der Waals surface area contributed by atoms with Crippen molar-refractivity contribution in [3.05, 3.63) is 85.2 Å². The lowest BCUT2D eigenvalue weighted by atomic mass is 9.98. The topological polar surface area (TPSA) is 108 Å². The van der Waals surface area contributed by atoms with Gasteiger partial charge in [0.1, 0.15) is 0 Å². The van der Waals surface area contributed by atoms with E-state index in [1.165, 1.54) is 0 Å². The fourth-order valence-corrected chi connectivity index (χ4v) is 5.68. The first-order valence-corrected chi connectivity index (χ1v) is 13.8. The smallest absolute Gasteiger partial charge is 0.263 e. The van der Waals surface area contributed by atoms with E-state index in [0.29, 0.717) is 65.5 Å². The molecule has 1 saturated heterocycles. The number of aromatic nitrogens is 2. The van der Waals surface area contributed by atoms with Crippen LogP contribution in [0, 0.1) is 12.3 Å². The van der Waals surface area contributed by atoms with E-state index in [0.717, 1.165) is 4.47 Å². The zero-order valence-corrected chi connectivity index (χ0v) is 24.2. The van der Waals surface area contributed by atoms with Crippen LogP contribution < -0.4 is 15.8 Å². The van der Waals surface area contributed by atoms with Crippen molar-refractivity contribution in [3.8, 4) is 18.0 Å². The molecule has 206 valence electrons. The Morgan fingerprint density at radius 1 is 1.20 bits per heavy atom. The van der Waals surface area contributed by atoms with Crippen LogP contribution in [0.5, 0.6) is 0 Å². The standard InChI is InChI=1S/C30H30BrN5O4/c1-5-19-15-21(8-11-24(19)31)27(38)35-16-25-23(14-18(35)2)28(39)36(22-9-6-20(7-10-22)26(37)32-4)29(33-25)34-13-12-30(3,40)17-34/h1,6-11,15,18,40H,12-14,16-17H2,2-4H3,(H,32,37). The first-order chi connectivity index (χ1) is 19.0. The molecule has 9 nitrogen and oxygen atoms in total. The number of carbonyl (C=O) groups is 2. The fourth-order valence-electron chi connectivity index (χ4n) is 5.32. The number of aliphatic hydroxyl groups is 1. The van der Waals surface area contributed by atoms with Crippen LogP contribution in [0.4, 0.5) is 5.95 Å². The number of β-amino-alcohol motifs (C(OH)–C–C–N with tert-alkyl or cyclic N) is 1. The number of nitrogens with one attached hydrogen (secondary N) is 1. The lowest BCUT2D eigenvalue weighted by Gasteiger charge is -2.35. The van der Waals surface area contributed by atoms with Gasteiger partial charge in [-0.05, 0) is 85.1 Å². The number of anilines is 1. The molecule has 3 heterocycles. The van der Waals surface area contributed by atoms with E-state index < -0.39 is 5.60 Å². The Labute approximate surface area is 241 Å². The second-order valence-corrected chi connectivity index (χ2v) is 11.5. The average Bonchev–Trinajstić information content (AvgIpc) is 3.32. The lowest BCUT2D eigenvalue weighted by Crippen LogP contribution is -2.46. The molecule has 5 rings (SSSR count). The minimum atomic E-state index is -0.922. The molecule has 0 radical (unpaired) electrons. The Balaban J connectivity index is 1.58. The first kappa shape index (κ1) is 27.6. The van der Waals surface area contributed by atoms with E-state index >= 15 is 0 Å². The third-order valence-electron chi connectivity index (χ3n) is 7.58. The molecule has 3 aromatic rings. The van der Waals surface area contributed by atoms with Gasteiger partial charge in [0, 0.05) is 52.9 Å². The van der Waals surface area contributed by atoms with Gasteiger partial charge in [0.25, 0.3) is 17.4 Å². The van der Waals surface area contributed by atoms with E-state index in [1.54, 1.807) is 65.9 Å². The molecular formula is C30H30BrN5O4. The number of nitrogens with zero attached hydrogens (tertiary/aromatic N) is 4. The van der Waals surface area contributed by atoms with E-state index in [1.807, 2.05) is 11.8 Å². The molecule has 0 aliphatic carbocycles. The zero-order valence-electron chi connectivity index (χ0n) is 22.6. The monoisotopic (exact) mass is 603 g/mol. The zero-order chi connectivity index (χ0) is 28.8. The number of benzene rings is 2. The Bertz CT molecular complexity index is 1610. The Hall–Kier alpha value is -3.94. The van der Waals surface area contributed by atoms with Gasteiger partial charge in [-0.15, -0.1) is 6.42 Å². The Morgan fingerprint density at radius 2 is 1.90 bits per heavy atom. The van der Waals surface area contributed by atoms with Crippen LogP contribution in [0.15, 0.2) is 51.7 Å². The largest absolute Gasteiger partial charge is 0.388 e. The van der Waals surface area contributed by atoms with Gasteiger partial charge in [-0.3, -0.25) is 14.4 Å². The summed E-state index contributed by atoms with van der Waals surface area (Å²) in [5.41, 5.74) is 2.02. The maximum atomic E-state index is 14.1. The molecule has 2 unspecified atom stereocenters. The Kier molecular flexibility index (Phi) is 7.29. The summed E-state index contributed by atoms with van der Waals surface area (Å²) in [4.78, 5) is 48.3. The van der Waals surface area contributed by atoms with Crippen molar-refractivity contribution in [1.29, 1.82) is 0 Å². The molecule has 0 bridgehead atoms. The van der Waals surface area contributed by atoms with Crippen molar-refractivity contribution in [1.82, 2.24) is 19.8 Å². The maximum Gasteiger partial charge on any atom is 0.263 e. The molecule has 0 saturated carbocycles. The molecule has 2 atom stereocenters. The number of fused-ring (bicyclic) bond motifs is 1. The summed E-state index contributed by atoms with van der Waals surface area (Å²) in [5, 5.41) is 13.3. The van der Waals surface area contributed by atoms with Crippen molar-refractivity contribution in [3.63, 3.8) is 0 Å². The number of halogens is 1. The van der Waals surface area contributed by atoms with Crippen molar-refractivity contribution < 1.29 is 14.7 Å². The minimum absolute atomic E-state index is 0.166. The van der Waals surface area contributed by atoms with Gasteiger partial charge in [0.2, 0.25) is 5.95 Å². The van der Waals surface area contributed by atoms with Crippen LogP contribution in [-0.4, -0.2) is 63.2 Å². The first-order valence-electron chi connectivity index (χ1n) is 13.0. The molecule has 1 aromatic heterocycles. The van der Waals surface area contributed by atoms with Gasteiger partial charge in [-0.1, -0.05) is 5.92 Å². The summed E-state index contributed by atoms with van der Waals surface area (Å²) in [7, 11) is 1.56. The van der Waals surface area contributed by atoms with Crippen LogP contribution in [0.1, 0.15) is 57.8 Å². The van der Waals surface area contributed by atoms with Crippen LogP contribution in [-0.2, 0) is 13.0 Å². The lowest BCUT2D eigenvalue weighted by molar-refractivity contribution is 0.0653. The molecule has 2 aliphatic heterocycles. The summed E-state index contributed by atoms with van der Waals surface area (Å²) in [6.45, 7) is 4.66. The van der Waals surface area contributed by atoms with E-state index in [9.17, 15) is 19.5 Å². The van der Waals surface area contributed by atoms with E-state index in [-0.39, 0.29) is 30.0 Å². The summed E-state index contributed by atoms with van der Waals surface area (Å²) in [5.74, 6) is 2.57. The molecular weight excluding hydrogens is 574 g/mol. The molecule has 1 fully saturated rings. The van der Waals surface area contributed by atoms with E-state index in [4.69, 9.17) is 11.4 Å². The minimum Gasteiger partial charge on any atom is -0.388 e. The molecule has 0 spiro atoms. The van der Waals surface area contributed by atoms with Gasteiger partial charge in [0.05, 0.1) is 23.5 Å². The molecule has 10 heteroatoms. The highest BCUT2D eigenvalue weighted by Crippen LogP contribution is 2.30. The van der Waals surface area contributed by atoms with E-state index in [2.05, 4.69) is 27.2 Å². The van der Waals surface area contributed by atoms with Crippen LogP contribution in [0.25, 0.3) is 5.69 Å². The SMILES string of the molecule is C#Cc1cc(C(=O)N2Cc3nc(N4CCC(C)(O)C4)n(-c4ccc(C(=O)NC)cc4)c(=O)c3CC2C)ccc1Br. The second-order valence-electron chi connectivity index (χ2n) is 10.6. The quantitative estimate of drug-likeness (QED) is 0.444. The van der Waals surface area contributed by atoms with Crippen molar-refractivity contribution >= 4 is 33.7 Å². The number of carbonyl (C=O) groups excluding carboxylic acids is 2. The predicted octanol–water partition coefficient (Wildman–Crippen LogP) is 2.88. The highest BCUT2D eigenvalue weighted by molar-refractivity contribution is 9.10. The van der Waals surface area contributed by atoms with Gasteiger partial charge in [-0.25, -0.2) is 9.55 Å². The summed E-state index contributed by atoms with van der Waals surface area (Å²) >= 11 is 3.41. The maximum absolute atomic E-state index is 14.1. The van der Waals surface area contributed by atoms with Crippen molar-refractivity contribution in [2.45, 2.75) is 44.9 Å². The molecule has 2 N–H and O–H groups in total. The van der Waals surface area contributed by atoms with Gasteiger partial charge in [-0.2, -0.15) is 0 Å². The average molecular weight is 605 g/mol. The van der Waals surface area contributed by atoms with Crippen molar-refractivity contribution in [2.75, 3.05) is 25.0 Å². The molecule has 2 amide bonds. The van der Waals surface area contributed by atoms with Gasteiger partial charge >= 0.3 is 0 Å². The third kappa shape index (κ3) is 5.03. The van der Waals surface area contributed by atoms with Crippen LogP contribution >= 0.6 is 15.9 Å². The van der Waals surface area contributed by atoms with Gasteiger partial charge in [0.15, 0.2) is 0 Å². The van der Waals surface area contributed by atoms with Gasteiger partial charge < -0.3 is 20.2 Å². The number of hydrogen-bond donors (Lipinski definition) is 2. The highest BCUT2D eigenvalue weighted by atomic mass is 79.9. The Morgan fingerprint density at radius 3 is 2.52 bits per heavy atom. The normalized spacial score (nSPS) is 20.1. The number of rotatable bonds is 4. The summed E-state index contributed by atoms with van der Waals surface area (Å²) in [6, 6.07) is 11.7. The second kappa shape index (κ2) is 10.6. The predicted molar refractivity (Wildman–Crippen MR) is 156 cm³/mol. The van der Waals surface area contributed by atoms with Crippen molar-refractivity contribution in [2.24, 2.45) is 0 Å². The summed E-state index contributed by atoms with van der Waals surface area (Å²) < 4.78 is 2.28. The van der Waals surface area contributed by atoms with Crippen LogP contribution in [0.2, 0.25) is 0 Å². The number of amides is 2. The number of hydrogen-bond acceptors (Lipinski definition) is 6. The van der Waals surface area contributed by atoms with Crippen LogP contribution in [0.3, 0.4) is 0 Å². The molecule has 2 aromatic carbocycles. The molecule has 2 aliphatic rings. The summed E-state index contributed by atoms with van der Waals surface area (Å²) in [6.07, 6.45) is 6.46. The third-order valence-corrected chi connectivity index (χ3v) is 8.27. The number of terminal acetylenes is 1. The fraction of sp³-hybridized carbons (Fsp3) is 0.333. The molecule has 40 heavy (non-hydrogen) atoms.